The molecule has 0 amide bonds. The van der Waals surface area contributed by atoms with Crippen molar-refractivity contribution < 1.29 is 19.0 Å². The van der Waals surface area contributed by atoms with Crippen LogP contribution >= 0.6 is 11.3 Å². The Labute approximate surface area is 232 Å². The number of unbranched alkanes of at least 4 members (excludes halogenated alkanes) is 1. The third kappa shape index (κ3) is 6.67. The van der Waals surface area contributed by atoms with E-state index in [1.54, 1.807) is 30.6 Å². The second-order valence-corrected chi connectivity index (χ2v) is 10.6. The molecule has 0 aliphatic carbocycles. The first-order valence-electron chi connectivity index (χ1n) is 13.5. The van der Waals surface area contributed by atoms with Gasteiger partial charge in [-0.05, 0) is 66.6 Å². The van der Waals surface area contributed by atoms with Crippen LogP contribution in [0.25, 0.3) is 21.0 Å². The first-order valence-corrected chi connectivity index (χ1v) is 14.3. The first-order chi connectivity index (χ1) is 19.1. The Morgan fingerprint density at radius 3 is 2.64 bits per heavy atom. The van der Waals surface area contributed by atoms with Crippen LogP contribution in [0.15, 0.2) is 64.8 Å². The molecule has 0 unspecified atom stereocenters. The van der Waals surface area contributed by atoms with Crippen LogP contribution in [0.2, 0.25) is 0 Å². The topological polar surface area (TPSA) is 73.2 Å². The number of pyridine rings is 1. The minimum Gasteiger partial charge on any atom is -0.494 e. The quantitative estimate of drug-likeness (QED) is 0.241. The lowest BCUT2D eigenvalue weighted by molar-refractivity contribution is 0.0516. The van der Waals surface area contributed by atoms with E-state index in [0.29, 0.717) is 24.5 Å². The molecule has 0 saturated carbocycles. The van der Waals surface area contributed by atoms with Crippen LogP contribution in [-0.2, 0) is 9.47 Å². The van der Waals surface area contributed by atoms with Gasteiger partial charge in [-0.2, -0.15) is 0 Å². The number of fused-ring (bicyclic) bond motifs is 2. The molecule has 0 radical (unpaired) electrons. The summed E-state index contributed by atoms with van der Waals surface area (Å²) in [5.74, 6) is 0.233. The highest BCUT2D eigenvalue weighted by Crippen LogP contribution is 2.31. The Kier molecular flexibility index (Phi) is 9.26. The van der Waals surface area contributed by atoms with Crippen molar-refractivity contribution in [1.82, 2.24) is 9.47 Å². The van der Waals surface area contributed by atoms with E-state index in [9.17, 15) is 9.59 Å². The van der Waals surface area contributed by atoms with E-state index < -0.39 is 5.91 Å². The number of aromatic nitrogens is 1. The second-order valence-electron chi connectivity index (χ2n) is 9.66. The lowest BCUT2D eigenvalue weighted by atomic mass is 10.2. The Bertz CT molecular complexity index is 1460. The van der Waals surface area contributed by atoms with Crippen LogP contribution < -0.4 is 15.2 Å². The molecule has 206 valence electrons. The van der Waals surface area contributed by atoms with E-state index in [-0.39, 0.29) is 18.8 Å². The van der Waals surface area contributed by atoms with Crippen molar-refractivity contribution in [3.8, 4) is 5.75 Å². The molecule has 1 fully saturated rings. The molecular formula is C30H35N3O5S. The van der Waals surface area contributed by atoms with Crippen molar-refractivity contribution >= 4 is 43.9 Å². The number of hydrogen-bond donors (Lipinski definition) is 0. The number of thiophene rings is 1. The van der Waals surface area contributed by atoms with Crippen LogP contribution in [0.1, 0.15) is 17.6 Å². The lowest BCUT2D eigenvalue weighted by Crippen LogP contribution is -2.46. The fraction of sp³-hybridized carbons (Fsp3) is 0.400. The minimum absolute atomic E-state index is 0.189. The molecule has 0 spiro atoms. The van der Waals surface area contributed by atoms with Gasteiger partial charge < -0.3 is 19.1 Å². The number of piperazine rings is 1. The Morgan fingerprint density at radius 1 is 0.949 bits per heavy atom. The Balaban J connectivity index is 1.09. The first kappa shape index (κ1) is 27.3. The van der Waals surface area contributed by atoms with Crippen molar-refractivity contribution in [2.45, 2.75) is 12.8 Å². The standard InChI is InChI=1S/C30H35N3O5S/c1-36-18-19-37-22-30(35)33-27-21-24(9-7-23(27)8-10-29(33)34)38-17-3-2-12-31-13-15-32(16-14-31)26-5-4-6-28-25(26)11-20-39-28/h4-11,20-21H,2-3,12-19,22H2,1H3. The monoisotopic (exact) mass is 549 g/mol. The van der Waals surface area contributed by atoms with Gasteiger partial charge in [-0.1, -0.05) is 6.07 Å². The molecule has 9 heteroatoms. The number of anilines is 1. The van der Waals surface area contributed by atoms with Crippen molar-refractivity contribution in [2.24, 2.45) is 0 Å². The van der Waals surface area contributed by atoms with E-state index in [2.05, 4.69) is 39.4 Å². The van der Waals surface area contributed by atoms with Gasteiger partial charge in [0.05, 0.1) is 25.3 Å². The second kappa shape index (κ2) is 13.2. The van der Waals surface area contributed by atoms with Gasteiger partial charge in [-0.25, -0.2) is 4.57 Å². The van der Waals surface area contributed by atoms with Crippen molar-refractivity contribution in [2.75, 3.05) is 71.2 Å². The fourth-order valence-electron chi connectivity index (χ4n) is 5.02. The predicted molar refractivity (Wildman–Crippen MR) is 157 cm³/mol. The maximum absolute atomic E-state index is 12.7. The van der Waals surface area contributed by atoms with Gasteiger partial charge in [0.25, 0.3) is 11.5 Å². The summed E-state index contributed by atoms with van der Waals surface area (Å²) in [5, 5.41) is 4.32. The van der Waals surface area contributed by atoms with Crippen LogP contribution in [0.4, 0.5) is 5.69 Å². The largest absolute Gasteiger partial charge is 0.494 e. The van der Waals surface area contributed by atoms with E-state index in [0.717, 1.165) is 55.5 Å². The fourth-order valence-corrected chi connectivity index (χ4v) is 5.83. The summed E-state index contributed by atoms with van der Waals surface area (Å²) >= 11 is 1.80. The lowest BCUT2D eigenvalue weighted by Gasteiger charge is -2.36. The van der Waals surface area contributed by atoms with Crippen molar-refractivity contribution in [1.29, 1.82) is 0 Å². The van der Waals surface area contributed by atoms with Gasteiger partial charge in [0.2, 0.25) is 0 Å². The molecule has 4 aromatic rings. The maximum Gasteiger partial charge on any atom is 0.260 e. The number of methoxy groups -OCH3 is 1. The van der Waals surface area contributed by atoms with E-state index in [4.69, 9.17) is 14.2 Å². The van der Waals surface area contributed by atoms with Crippen LogP contribution in [0.3, 0.4) is 0 Å². The molecule has 0 N–H and O–H groups in total. The summed E-state index contributed by atoms with van der Waals surface area (Å²) in [7, 11) is 1.57. The molecule has 5 rings (SSSR count). The van der Waals surface area contributed by atoms with Crippen LogP contribution in [-0.4, -0.2) is 81.6 Å². The highest BCUT2D eigenvalue weighted by atomic mass is 32.1. The molecular weight excluding hydrogens is 514 g/mol. The van der Waals surface area contributed by atoms with E-state index in [1.165, 1.54) is 21.8 Å². The van der Waals surface area contributed by atoms with Gasteiger partial charge >= 0.3 is 0 Å². The van der Waals surface area contributed by atoms with Gasteiger partial charge in [-0.3, -0.25) is 14.5 Å². The zero-order chi connectivity index (χ0) is 27.0. The molecule has 1 saturated heterocycles. The van der Waals surface area contributed by atoms with E-state index in [1.807, 2.05) is 12.1 Å². The summed E-state index contributed by atoms with van der Waals surface area (Å²) in [6, 6.07) is 17.4. The zero-order valence-corrected chi connectivity index (χ0v) is 23.2. The molecule has 1 aliphatic rings. The summed E-state index contributed by atoms with van der Waals surface area (Å²) in [6.45, 7) is 6.33. The average Bonchev–Trinajstić information content (AvgIpc) is 3.45. The highest BCUT2D eigenvalue weighted by Gasteiger charge is 2.18. The molecule has 8 nitrogen and oxygen atoms in total. The normalized spacial score (nSPS) is 14.3. The molecule has 0 bridgehead atoms. The minimum atomic E-state index is -0.411. The average molecular weight is 550 g/mol. The van der Waals surface area contributed by atoms with Gasteiger partial charge in [0, 0.05) is 61.2 Å². The van der Waals surface area contributed by atoms with Crippen LogP contribution in [0, 0.1) is 0 Å². The number of hydrogen-bond acceptors (Lipinski definition) is 8. The van der Waals surface area contributed by atoms with Gasteiger partial charge in [0.15, 0.2) is 0 Å². The van der Waals surface area contributed by atoms with Gasteiger partial charge in [-0.15, -0.1) is 11.3 Å². The summed E-state index contributed by atoms with van der Waals surface area (Å²) in [6.07, 6.45) is 1.98. The molecule has 3 heterocycles. The summed E-state index contributed by atoms with van der Waals surface area (Å²) < 4.78 is 18.8. The number of rotatable bonds is 12. The molecule has 2 aromatic carbocycles. The number of benzene rings is 2. The predicted octanol–water partition coefficient (Wildman–Crippen LogP) is 4.50. The zero-order valence-electron chi connectivity index (χ0n) is 22.3. The smallest absolute Gasteiger partial charge is 0.260 e. The Morgan fingerprint density at radius 2 is 1.79 bits per heavy atom. The number of carbonyl (C=O) groups is 1. The van der Waals surface area contributed by atoms with Crippen molar-refractivity contribution in [3.05, 3.63) is 70.3 Å². The number of ether oxygens (including phenoxy) is 3. The van der Waals surface area contributed by atoms with Crippen LogP contribution in [0.5, 0.6) is 5.75 Å². The Hall–Kier alpha value is -3.24. The summed E-state index contributed by atoms with van der Waals surface area (Å²) in [4.78, 5) is 30.2. The summed E-state index contributed by atoms with van der Waals surface area (Å²) in [5.41, 5.74) is 1.49. The third-order valence-corrected chi connectivity index (χ3v) is 7.98. The molecule has 0 atom stereocenters. The van der Waals surface area contributed by atoms with E-state index >= 15 is 0 Å². The third-order valence-electron chi connectivity index (χ3n) is 7.10. The SMILES string of the molecule is COCCOCC(=O)n1c(=O)ccc2ccc(OCCCCN3CCN(c4cccc5sccc45)CC3)cc21. The number of carbonyl (C=O) groups excluding carboxylic acids is 1. The molecule has 39 heavy (non-hydrogen) atoms. The molecule has 2 aromatic heterocycles. The highest BCUT2D eigenvalue weighted by molar-refractivity contribution is 7.17. The number of nitrogens with zero attached hydrogens (tertiary/aromatic N) is 3. The molecule has 1 aliphatic heterocycles. The maximum atomic E-state index is 12.7. The van der Waals surface area contributed by atoms with Crippen molar-refractivity contribution in [3.63, 3.8) is 0 Å². The van der Waals surface area contributed by atoms with Gasteiger partial charge in [0.1, 0.15) is 12.4 Å².